The van der Waals surface area contributed by atoms with Crippen molar-refractivity contribution in [2.75, 3.05) is 23.0 Å². The topological polar surface area (TPSA) is 37.3 Å². The maximum atomic E-state index is 10.9. The van der Waals surface area contributed by atoms with Crippen LogP contribution in [0.1, 0.15) is 40.0 Å². The van der Waals surface area contributed by atoms with E-state index >= 15 is 0 Å². The maximum absolute atomic E-state index is 10.9. The van der Waals surface area contributed by atoms with E-state index in [0.717, 1.165) is 36.5 Å². The molecule has 14 heavy (non-hydrogen) atoms. The van der Waals surface area contributed by atoms with Gasteiger partial charge in [0, 0.05) is 0 Å². The summed E-state index contributed by atoms with van der Waals surface area (Å²) in [4.78, 5) is 10.9. The summed E-state index contributed by atoms with van der Waals surface area (Å²) in [6, 6.07) is 0. The highest BCUT2D eigenvalue weighted by molar-refractivity contribution is 8.34. The van der Waals surface area contributed by atoms with E-state index in [9.17, 15) is 4.79 Å². The van der Waals surface area contributed by atoms with Crippen molar-refractivity contribution >= 4 is 16.0 Å². The second kappa shape index (κ2) is 7.16. The Morgan fingerprint density at radius 2 is 1.36 bits per heavy atom. The quantitative estimate of drug-likeness (QED) is 0.682. The van der Waals surface area contributed by atoms with Gasteiger partial charge in [-0.1, -0.05) is 20.8 Å². The molecule has 86 valence electrons. The molecular formula is C11H24O2S. The molecule has 1 N–H and O–H groups in total. The Hall–Kier alpha value is -0.180. The predicted octanol–water partition coefficient (Wildman–Crippen LogP) is 3.11. The summed E-state index contributed by atoms with van der Waals surface area (Å²) >= 11 is 0. The molecule has 0 amide bonds. The molecule has 0 aliphatic carbocycles. The fourth-order valence-corrected chi connectivity index (χ4v) is 6.25. The first kappa shape index (κ1) is 13.8. The van der Waals surface area contributed by atoms with Gasteiger partial charge in [0.05, 0.1) is 5.75 Å². The Balaban J connectivity index is 4.45. The summed E-state index contributed by atoms with van der Waals surface area (Å²) in [6.07, 6.45) is 3.38. The summed E-state index contributed by atoms with van der Waals surface area (Å²) in [6.45, 7) is 6.48. The Morgan fingerprint density at radius 3 is 1.57 bits per heavy atom. The standard InChI is InChI=1S/C11H24O2S/c1-4-7-14(8-5-2,9-6-3)10-11(12)13/h4-10H2,1-3H3,(H,12,13). The normalized spacial score (nSPS) is 12.8. The van der Waals surface area contributed by atoms with Crippen molar-refractivity contribution in [3.05, 3.63) is 0 Å². The summed E-state index contributed by atoms with van der Waals surface area (Å²) in [5, 5.41) is 8.95. The first-order chi connectivity index (χ1) is 6.60. The molecule has 0 bridgehead atoms. The molecule has 0 aromatic rings. The highest BCUT2D eigenvalue weighted by Gasteiger charge is 2.24. The van der Waals surface area contributed by atoms with Gasteiger partial charge in [0.25, 0.3) is 0 Å². The van der Waals surface area contributed by atoms with Crippen molar-refractivity contribution < 1.29 is 9.90 Å². The Kier molecular flexibility index (Phi) is 7.06. The largest absolute Gasteiger partial charge is 0.481 e. The zero-order chi connectivity index (χ0) is 11.0. The van der Waals surface area contributed by atoms with Gasteiger partial charge < -0.3 is 5.11 Å². The van der Waals surface area contributed by atoms with Crippen molar-refractivity contribution in [3.8, 4) is 0 Å². The van der Waals surface area contributed by atoms with E-state index in [0.29, 0.717) is 5.75 Å². The lowest BCUT2D eigenvalue weighted by atomic mass is 10.6. The van der Waals surface area contributed by atoms with Crippen LogP contribution in [0.5, 0.6) is 0 Å². The lowest BCUT2D eigenvalue weighted by molar-refractivity contribution is -0.133. The third-order valence-electron chi connectivity index (χ3n) is 2.34. The van der Waals surface area contributed by atoms with Gasteiger partial charge in [0.2, 0.25) is 0 Å². The minimum Gasteiger partial charge on any atom is -0.481 e. The molecule has 0 rings (SSSR count). The van der Waals surface area contributed by atoms with Crippen molar-refractivity contribution in [1.82, 2.24) is 0 Å². The minimum atomic E-state index is -0.845. The van der Waals surface area contributed by atoms with Gasteiger partial charge in [-0.2, -0.15) is 0 Å². The van der Waals surface area contributed by atoms with E-state index in [-0.39, 0.29) is 0 Å². The molecule has 0 radical (unpaired) electrons. The van der Waals surface area contributed by atoms with Crippen LogP contribution in [0.25, 0.3) is 0 Å². The van der Waals surface area contributed by atoms with Crippen LogP contribution in [0.15, 0.2) is 0 Å². The van der Waals surface area contributed by atoms with Crippen molar-refractivity contribution in [1.29, 1.82) is 0 Å². The van der Waals surface area contributed by atoms with Crippen LogP contribution in [-0.2, 0) is 4.79 Å². The number of hydrogen-bond donors (Lipinski definition) is 1. The second-order valence-corrected chi connectivity index (χ2v) is 7.84. The lowest BCUT2D eigenvalue weighted by Gasteiger charge is -2.38. The molecule has 0 aromatic carbocycles. The van der Waals surface area contributed by atoms with Gasteiger partial charge in [-0.15, -0.1) is 0 Å². The molecule has 0 saturated carbocycles. The zero-order valence-electron chi connectivity index (χ0n) is 9.71. The first-order valence-electron chi connectivity index (χ1n) is 5.56. The molecule has 0 fully saturated rings. The zero-order valence-corrected chi connectivity index (χ0v) is 10.5. The summed E-state index contributed by atoms with van der Waals surface area (Å²) in [7, 11) is -0.845. The van der Waals surface area contributed by atoms with Gasteiger partial charge in [0.1, 0.15) is 0 Å². The smallest absolute Gasteiger partial charge is 0.311 e. The van der Waals surface area contributed by atoms with Gasteiger partial charge in [-0.25, -0.2) is 10.0 Å². The number of rotatable bonds is 8. The van der Waals surface area contributed by atoms with E-state index < -0.39 is 16.0 Å². The molecule has 0 aliphatic rings. The van der Waals surface area contributed by atoms with Crippen LogP contribution >= 0.6 is 10.0 Å². The van der Waals surface area contributed by atoms with E-state index in [1.807, 2.05) is 0 Å². The first-order valence-corrected chi connectivity index (χ1v) is 7.87. The van der Waals surface area contributed by atoms with E-state index in [1.165, 1.54) is 0 Å². The summed E-state index contributed by atoms with van der Waals surface area (Å²) in [5.41, 5.74) is 0. The third kappa shape index (κ3) is 4.89. The molecule has 0 unspecified atom stereocenters. The van der Waals surface area contributed by atoms with Crippen molar-refractivity contribution in [2.24, 2.45) is 0 Å². The monoisotopic (exact) mass is 220 g/mol. The van der Waals surface area contributed by atoms with Gasteiger partial charge in [-0.05, 0) is 36.5 Å². The van der Waals surface area contributed by atoms with Gasteiger partial charge >= 0.3 is 5.97 Å². The van der Waals surface area contributed by atoms with Crippen LogP contribution in [0.3, 0.4) is 0 Å². The summed E-state index contributed by atoms with van der Waals surface area (Å²) in [5.74, 6) is 3.25. The molecule has 0 atom stereocenters. The summed E-state index contributed by atoms with van der Waals surface area (Å²) < 4.78 is 0. The molecule has 0 spiro atoms. The number of carboxylic acid groups (broad SMARTS) is 1. The van der Waals surface area contributed by atoms with Gasteiger partial charge in [-0.3, -0.25) is 4.79 Å². The molecule has 0 aromatic heterocycles. The average Bonchev–Trinajstić information content (AvgIpc) is 2.03. The molecule has 0 saturated heterocycles. The number of carbonyl (C=O) groups is 1. The Labute approximate surface area is 89.4 Å². The SMILES string of the molecule is CCCS(CCC)(CCC)CC(=O)O. The second-order valence-electron chi connectivity index (χ2n) is 3.88. The minimum absolute atomic E-state index is 0.433. The number of aliphatic carboxylic acids is 1. The fourth-order valence-electron chi connectivity index (χ4n) is 2.08. The third-order valence-corrected chi connectivity index (χ3v) is 7.02. The number of carboxylic acids is 1. The lowest BCUT2D eigenvalue weighted by Crippen LogP contribution is -2.21. The molecule has 0 aliphatic heterocycles. The van der Waals surface area contributed by atoms with Crippen LogP contribution in [0, 0.1) is 0 Å². The van der Waals surface area contributed by atoms with Crippen molar-refractivity contribution in [2.45, 2.75) is 40.0 Å². The molecule has 2 nitrogen and oxygen atoms in total. The maximum Gasteiger partial charge on any atom is 0.311 e. The molecule has 3 heteroatoms. The highest BCUT2D eigenvalue weighted by atomic mass is 32.3. The molecule has 0 heterocycles. The average molecular weight is 220 g/mol. The van der Waals surface area contributed by atoms with E-state index in [1.54, 1.807) is 0 Å². The predicted molar refractivity (Wildman–Crippen MR) is 65.6 cm³/mol. The fraction of sp³-hybridized carbons (Fsp3) is 0.909. The van der Waals surface area contributed by atoms with Crippen molar-refractivity contribution in [3.63, 3.8) is 0 Å². The van der Waals surface area contributed by atoms with Crippen LogP contribution < -0.4 is 0 Å². The van der Waals surface area contributed by atoms with Crippen LogP contribution in [0.2, 0.25) is 0 Å². The Bertz CT molecular complexity index is 152. The van der Waals surface area contributed by atoms with E-state index in [2.05, 4.69) is 20.8 Å². The molecular weight excluding hydrogens is 196 g/mol. The number of hydrogen-bond acceptors (Lipinski definition) is 1. The van der Waals surface area contributed by atoms with E-state index in [4.69, 9.17) is 5.11 Å². The highest BCUT2D eigenvalue weighted by Crippen LogP contribution is 2.49. The van der Waals surface area contributed by atoms with Gasteiger partial charge in [0.15, 0.2) is 0 Å². The van der Waals surface area contributed by atoms with Crippen LogP contribution in [0.4, 0.5) is 0 Å². The van der Waals surface area contributed by atoms with Crippen LogP contribution in [-0.4, -0.2) is 34.1 Å². The Morgan fingerprint density at radius 1 is 1.00 bits per heavy atom.